The molecule has 0 unspecified atom stereocenters. The van der Waals surface area contributed by atoms with Gasteiger partial charge < -0.3 is 11.1 Å². The molecule has 0 saturated carbocycles. The SMILES string of the molecule is CNc1cccc(CCN)c1-c1ccccc1. The highest BCUT2D eigenvalue weighted by Gasteiger charge is 2.08. The Hall–Kier alpha value is -1.80. The first-order chi connectivity index (χ1) is 8.36. The van der Waals surface area contributed by atoms with E-state index in [1.807, 2.05) is 13.1 Å². The van der Waals surface area contributed by atoms with Gasteiger partial charge in [0.2, 0.25) is 0 Å². The highest BCUT2D eigenvalue weighted by Crippen LogP contribution is 2.31. The van der Waals surface area contributed by atoms with Crippen molar-refractivity contribution in [2.45, 2.75) is 6.42 Å². The molecule has 17 heavy (non-hydrogen) atoms. The summed E-state index contributed by atoms with van der Waals surface area (Å²) in [5, 5.41) is 3.25. The van der Waals surface area contributed by atoms with Crippen molar-refractivity contribution in [3.63, 3.8) is 0 Å². The fourth-order valence-electron chi connectivity index (χ4n) is 2.12. The van der Waals surface area contributed by atoms with Crippen LogP contribution in [0.3, 0.4) is 0 Å². The smallest absolute Gasteiger partial charge is 0.0420 e. The number of nitrogens with one attached hydrogen (secondary N) is 1. The minimum atomic E-state index is 0.674. The van der Waals surface area contributed by atoms with Crippen LogP contribution < -0.4 is 11.1 Å². The first kappa shape index (κ1) is 11.7. The van der Waals surface area contributed by atoms with E-state index in [1.54, 1.807) is 0 Å². The number of anilines is 1. The maximum Gasteiger partial charge on any atom is 0.0420 e. The van der Waals surface area contributed by atoms with Gasteiger partial charge in [-0.05, 0) is 30.2 Å². The lowest BCUT2D eigenvalue weighted by Crippen LogP contribution is -2.05. The Labute approximate surface area is 102 Å². The zero-order chi connectivity index (χ0) is 12.1. The molecule has 88 valence electrons. The van der Waals surface area contributed by atoms with Crippen molar-refractivity contribution in [2.75, 3.05) is 18.9 Å². The van der Waals surface area contributed by atoms with E-state index in [0.717, 1.165) is 12.1 Å². The van der Waals surface area contributed by atoms with Crippen LogP contribution in [0.5, 0.6) is 0 Å². The van der Waals surface area contributed by atoms with Crippen molar-refractivity contribution in [2.24, 2.45) is 5.73 Å². The summed E-state index contributed by atoms with van der Waals surface area (Å²) in [5.41, 5.74) is 10.6. The van der Waals surface area contributed by atoms with E-state index >= 15 is 0 Å². The maximum atomic E-state index is 5.68. The molecular formula is C15H18N2. The van der Waals surface area contributed by atoms with Gasteiger partial charge in [0, 0.05) is 18.3 Å². The van der Waals surface area contributed by atoms with Crippen molar-refractivity contribution in [1.82, 2.24) is 0 Å². The molecule has 0 aliphatic heterocycles. The summed E-state index contributed by atoms with van der Waals surface area (Å²) < 4.78 is 0. The van der Waals surface area contributed by atoms with Gasteiger partial charge >= 0.3 is 0 Å². The predicted octanol–water partition coefficient (Wildman–Crippen LogP) is 2.90. The molecule has 0 heterocycles. The molecule has 2 rings (SSSR count). The number of hydrogen-bond donors (Lipinski definition) is 2. The highest BCUT2D eigenvalue weighted by atomic mass is 14.8. The molecule has 0 fully saturated rings. The second kappa shape index (κ2) is 5.51. The van der Waals surface area contributed by atoms with E-state index in [0.29, 0.717) is 6.54 Å². The van der Waals surface area contributed by atoms with Crippen molar-refractivity contribution in [1.29, 1.82) is 0 Å². The second-order valence-corrected chi connectivity index (χ2v) is 3.99. The first-order valence-corrected chi connectivity index (χ1v) is 5.92. The Morgan fingerprint density at radius 2 is 1.76 bits per heavy atom. The van der Waals surface area contributed by atoms with Crippen LogP contribution in [0.1, 0.15) is 5.56 Å². The van der Waals surface area contributed by atoms with Gasteiger partial charge in [0.05, 0.1) is 0 Å². The minimum Gasteiger partial charge on any atom is -0.388 e. The summed E-state index contributed by atoms with van der Waals surface area (Å²) in [5.74, 6) is 0. The molecule has 0 aliphatic carbocycles. The molecule has 0 saturated heterocycles. The molecule has 2 aromatic rings. The Morgan fingerprint density at radius 1 is 1.00 bits per heavy atom. The Morgan fingerprint density at radius 3 is 2.41 bits per heavy atom. The Kier molecular flexibility index (Phi) is 3.78. The van der Waals surface area contributed by atoms with Crippen molar-refractivity contribution in [3.05, 3.63) is 54.1 Å². The number of benzene rings is 2. The van der Waals surface area contributed by atoms with Crippen LogP contribution in [0.15, 0.2) is 48.5 Å². The van der Waals surface area contributed by atoms with E-state index < -0.39 is 0 Å². The van der Waals surface area contributed by atoms with E-state index in [1.165, 1.54) is 16.7 Å². The minimum absolute atomic E-state index is 0.674. The molecule has 3 N–H and O–H groups in total. The summed E-state index contributed by atoms with van der Waals surface area (Å²) in [7, 11) is 1.95. The van der Waals surface area contributed by atoms with Gasteiger partial charge in [0.15, 0.2) is 0 Å². The van der Waals surface area contributed by atoms with E-state index in [2.05, 4.69) is 47.8 Å². The van der Waals surface area contributed by atoms with Gasteiger partial charge in [-0.1, -0.05) is 42.5 Å². The molecule has 0 spiro atoms. The second-order valence-electron chi connectivity index (χ2n) is 3.99. The number of hydrogen-bond acceptors (Lipinski definition) is 2. The highest BCUT2D eigenvalue weighted by molar-refractivity contribution is 5.80. The Bertz CT molecular complexity index is 478. The van der Waals surface area contributed by atoms with Crippen LogP contribution in [0, 0.1) is 0 Å². The summed E-state index contributed by atoms with van der Waals surface area (Å²) >= 11 is 0. The molecule has 0 amide bonds. The predicted molar refractivity (Wildman–Crippen MR) is 74.2 cm³/mol. The van der Waals surface area contributed by atoms with E-state index in [-0.39, 0.29) is 0 Å². The van der Waals surface area contributed by atoms with Gasteiger partial charge in [0.25, 0.3) is 0 Å². The van der Waals surface area contributed by atoms with Gasteiger partial charge in [-0.25, -0.2) is 0 Å². The normalized spacial score (nSPS) is 10.2. The molecule has 0 atom stereocenters. The molecule has 0 aromatic heterocycles. The van der Waals surface area contributed by atoms with Crippen LogP contribution in [-0.4, -0.2) is 13.6 Å². The Balaban J connectivity index is 2.56. The van der Waals surface area contributed by atoms with Gasteiger partial charge in [-0.3, -0.25) is 0 Å². The molecule has 0 radical (unpaired) electrons. The zero-order valence-electron chi connectivity index (χ0n) is 10.1. The number of rotatable bonds is 4. The fourth-order valence-corrected chi connectivity index (χ4v) is 2.12. The lowest BCUT2D eigenvalue weighted by Gasteiger charge is -2.14. The van der Waals surface area contributed by atoms with Crippen LogP contribution in [0.2, 0.25) is 0 Å². The molecule has 2 nitrogen and oxygen atoms in total. The van der Waals surface area contributed by atoms with Gasteiger partial charge in [-0.15, -0.1) is 0 Å². The number of nitrogens with two attached hydrogens (primary N) is 1. The monoisotopic (exact) mass is 226 g/mol. The third kappa shape index (κ3) is 2.48. The largest absolute Gasteiger partial charge is 0.388 e. The standard InChI is InChI=1S/C15H18N2/c1-17-14-9-5-8-13(10-11-16)15(14)12-6-3-2-4-7-12/h2-9,17H,10-11,16H2,1H3. The molecule has 0 aliphatic rings. The van der Waals surface area contributed by atoms with E-state index in [4.69, 9.17) is 5.73 Å². The van der Waals surface area contributed by atoms with Gasteiger partial charge in [-0.2, -0.15) is 0 Å². The summed E-state index contributed by atoms with van der Waals surface area (Å²) in [6.45, 7) is 0.674. The molecule has 2 aromatic carbocycles. The van der Waals surface area contributed by atoms with Crippen molar-refractivity contribution in [3.8, 4) is 11.1 Å². The van der Waals surface area contributed by atoms with Crippen LogP contribution >= 0.6 is 0 Å². The topological polar surface area (TPSA) is 38.0 Å². The quantitative estimate of drug-likeness (QED) is 0.841. The summed E-state index contributed by atoms with van der Waals surface area (Å²) in [6, 6.07) is 16.8. The zero-order valence-corrected chi connectivity index (χ0v) is 10.1. The average Bonchev–Trinajstić information content (AvgIpc) is 2.40. The molecule has 0 bridgehead atoms. The fraction of sp³-hybridized carbons (Fsp3) is 0.200. The third-order valence-corrected chi connectivity index (χ3v) is 2.90. The summed E-state index contributed by atoms with van der Waals surface area (Å²) in [4.78, 5) is 0. The third-order valence-electron chi connectivity index (χ3n) is 2.90. The van der Waals surface area contributed by atoms with Crippen LogP contribution in [-0.2, 0) is 6.42 Å². The maximum absolute atomic E-state index is 5.68. The summed E-state index contributed by atoms with van der Waals surface area (Å²) in [6.07, 6.45) is 0.903. The lowest BCUT2D eigenvalue weighted by atomic mass is 9.96. The van der Waals surface area contributed by atoms with Crippen molar-refractivity contribution >= 4 is 5.69 Å². The van der Waals surface area contributed by atoms with E-state index in [9.17, 15) is 0 Å². The van der Waals surface area contributed by atoms with Crippen LogP contribution in [0.25, 0.3) is 11.1 Å². The molecular weight excluding hydrogens is 208 g/mol. The van der Waals surface area contributed by atoms with Crippen molar-refractivity contribution < 1.29 is 0 Å². The van der Waals surface area contributed by atoms with Gasteiger partial charge in [0.1, 0.15) is 0 Å². The first-order valence-electron chi connectivity index (χ1n) is 5.92. The van der Waals surface area contributed by atoms with Crippen LogP contribution in [0.4, 0.5) is 5.69 Å². The molecule has 2 heteroatoms. The lowest BCUT2D eigenvalue weighted by molar-refractivity contribution is 0.971. The average molecular weight is 226 g/mol.